The summed E-state index contributed by atoms with van der Waals surface area (Å²) in [6, 6.07) is 159. The predicted molar refractivity (Wildman–Crippen MR) is 539 cm³/mol. The van der Waals surface area contributed by atoms with E-state index in [4.69, 9.17) is 19.9 Å². The second-order valence-electron chi connectivity index (χ2n) is 32.5. The average molecular weight is 2500 g/mol. The second kappa shape index (κ2) is 48.3. The van der Waals surface area contributed by atoms with Crippen LogP contribution in [-0.4, -0.2) is 39.9 Å². The Balaban J connectivity index is 0.000000153. The van der Waals surface area contributed by atoms with Crippen molar-refractivity contribution in [3.8, 4) is 90.1 Å². The first-order valence-corrected chi connectivity index (χ1v) is 43.9. The fourth-order valence-electron chi connectivity index (χ4n) is 15.5. The van der Waals surface area contributed by atoms with Gasteiger partial charge in [-0.3, -0.25) is 29.7 Å². The maximum Gasteiger partial charge on any atom is 2.00 e. The molecule has 0 aliphatic rings. The zero-order valence-corrected chi connectivity index (χ0v) is 85.0. The number of pyridine rings is 8. The molecule has 0 spiro atoms. The molecule has 17 heteroatoms. The molecule has 0 unspecified atom stereocenters. The second-order valence-corrected chi connectivity index (χ2v) is 32.5. The van der Waals surface area contributed by atoms with E-state index in [0.717, 1.165) is 159 Å². The molecule has 678 valence electrons. The fourth-order valence-corrected chi connectivity index (χ4v) is 15.5. The number of halogens is 1. The molecule has 0 bridgehead atoms. The number of nitrogens with zero attached hydrogens (tertiary/aromatic N) is 12. The summed E-state index contributed by atoms with van der Waals surface area (Å²) in [4.78, 5) is 46.4. The molecule has 0 saturated carbocycles. The van der Waals surface area contributed by atoms with Crippen LogP contribution in [0.15, 0.2) is 425 Å². The zero-order chi connectivity index (χ0) is 91.3. The minimum absolute atomic E-state index is 0. The molecule has 8 heterocycles. The summed E-state index contributed by atoms with van der Waals surface area (Å²) in [5.74, 6) is 2.93. The Morgan fingerprint density at radius 1 is 0.241 bits per heavy atom. The van der Waals surface area contributed by atoms with Crippen molar-refractivity contribution < 1.29 is 88.7 Å². The molecule has 0 N–H and O–H groups in total. The van der Waals surface area contributed by atoms with Crippen molar-refractivity contribution in [1.82, 2.24) is 39.9 Å². The summed E-state index contributed by atoms with van der Waals surface area (Å²) in [6.45, 7) is 15.2. The van der Waals surface area contributed by atoms with Gasteiger partial charge in [0.25, 0.3) is 0 Å². The number of aromatic nitrogens is 8. The first-order valence-electron chi connectivity index (χ1n) is 43.9. The van der Waals surface area contributed by atoms with Crippen LogP contribution in [0, 0.1) is 82.0 Å². The van der Waals surface area contributed by atoms with Crippen molar-refractivity contribution in [1.29, 1.82) is 0 Å². The van der Waals surface area contributed by atoms with Crippen molar-refractivity contribution >= 4 is 68.8 Å². The molecular formula is C120H91FN12Pt4. The molecule has 12 nitrogen and oxygen atoms in total. The Morgan fingerprint density at radius 3 is 0.788 bits per heavy atom. The van der Waals surface area contributed by atoms with E-state index < -0.39 is 0 Å². The number of hydrogen-bond acceptors (Lipinski definition) is 12. The molecule has 0 saturated heterocycles. The summed E-state index contributed by atoms with van der Waals surface area (Å²) in [7, 11) is 0. The minimum Gasteiger partial charge on any atom is -0.346 e. The van der Waals surface area contributed by atoms with E-state index in [1.165, 1.54) is 39.9 Å². The third-order valence-corrected chi connectivity index (χ3v) is 21.9. The van der Waals surface area contributed by atoms with Gasteiger partial charge in [0, 0.05) is 41.8 Å². The molecular weight excluding hydrogens is 2410 g/mol. The Hall–Kier alpha value is -14.3. The van der Waals surface area contributed by atoms with Crippen LogP contribution >= 0.6 is 0 Å². The largest absolute Gasteiger partial charge is 2.00 e. The fraction of sp³-hybridized carbons (Fsp3) is 0.0667. The molecule has 20 aromatic rings. The maximum absolute atomic E-state index is 13.7. The van der Waals surface area contributed by atoms with Crippen LogP contribution < -0.4 is 19.6 Å². The van der Waals surface area contributed by atoms with E-state index in [2.05, 4.69) is 204 Å². The van der Waals surface area contributed by atoms with Crippen LogP contribution in [0.1, 0.15) is 48.6 Å². The van der Waals surface area contributed by atoms with Crippen LogP contribution in [0.5, 0.6) is 0 Å². The molecule has 0 aliphatic heterocycles. The molecule has 137 heavy (non-hydrogen) atoms. The van der Waals surface area contributed by atoms with E-state index in [0.29, 0.717) is 0 Å². The third-order valence-electron chi connectivity index (χ3n) is 21.9. The molecule has 0 amide bonds. The van der Waals surface area contributed by atoms with Crippen molar-refractivity contribution in [3.05, 3.63) is 507 Å². The Labute approximate surface area is 860 Å². The van der Waals surface area contributed by atoms with Gasteiger partial charge in [-0.1, -0.05) is 165 Å². The Bertz CT molecular complexity index is 6660. The molecule has 0 atom stereocenters. The third kappa shape index (κ3) is 25.5. The van der Waals surface area contributed by atoms with Crippen LogP contribution in [0.3, 0.4) is 0 Å². The Morgan fingerprint density at radius 2 is 0.504 bits per heavy atom. The van der Waals surface area contributed by atoms with Gasteiger partial charge in [0.15, 0.2) is 0 Å². The van der Waals surface area contributed by atoms with Crippen LogP contribution in [-0.2, 0) is 89.7 Å². The van der Waals surface area contributed by atoms with Gasteiger partial charge < -0.3 is 29.7 Å². The molecule has 12 aromatic carbocycles. The van der Waals surface area contributed by atoms with E-state index in [-0.39, 0.29) is 95.5 Å². The normalized spacial score (nSPS) is 10.5. The Kier molecular flexibility index (Phi) is 35.3. The molecule has 0 aliphatic carbocycles. The van der Waals surface area contributed by atoms with Crippen LogP contribution in [0.25, 0.3) is 90.1 Å². The summed E-state index contributed by atoms with van der Waals surface area (Å²) in [5, 5.41) is 0. The van der Waals surface area contributed by atoms with E-state index in [1.54, 1.807) is 36.9 Å². The van der Waals surface area contributed by atoms with Crippen molar-refractivity contribution in [2.24, 2.45) is 0 Å². The van der Waals surface area contributed by atoms with Gasteiger partial charge in [-0.15, -0.1) is 263 Å². The molecule has 20 rings (SSSR count). The first-order chi connectivity index (χ1) is 65.1. The smallest absolute Gasteiger partial charge is 0.346 e. The first kappa shape index (κ1) is 100. The van der Waals surface area contributed by atoms with Gasteiger partial charge in [-0.2, -0.15) is 0 Å². The summed E-state index contributed by atoms with van der Waals surface area (Å²) in [5.41, 5.74) is 27.9. The van der Waals surface area contributed by atoms with Crippen LogP contribution in [0.2, 0.25) is 0 Å². The quantitative estimate of drug-likeness (QED) is 0.0677. The molecule has 0 radical (unpaired) electrons. The number of rotatable bonds is 20. The van der Waals surface area contributed by atoms with Gasteiger partial charge in [-0.05, 0) is 215 Å². The predicted octanol–water partition coefficient (Wildman–Crippen LogP) is 30.2. The van der Waals surface area contributed by atoms with Gasteiger partial charge in [0.2, 0.25) is 0 Å². The number of aryl methyl sites for hydroxylation is 4. The van der Waals surface area contributed by atoms with Gasteiger partial charge in [0.05, 0.1) is 5.69 Å². The van der Waals surface area contributed by atoms with Gasteiger partial charge in [-0.25, -0.2) is 4.39 Å². The number of anilines is 12. The SMILES string of the molecule is CC(C)(C)c1ccc(N(c2cccc(-c3[c-]cccc3)n2)c2cccc(-c3[c-]cccc3)n2)cc1.Cc1cc(C)c(N(c2cccc(-c3[c-]cccc3)n2)c2cccc(-c3[c-]cccc3)n2)c(C)c1.Cc1ccc(N(c2[c-]c(-c3ccccn3)ccc2)c2[c-]c(-c3ccccn3)ccc2)cc1.Fc1ccc(N(c2[c-]c(-c3ccccn3)ccc2)c2[c-]c(-c3ccccn3)ccc2)cc1.[Pt+2].[Pt+2].[Pt+2].[Pt+2]. The van der Waals surface area contributed by atoms with Crippen molar-refractivity contribution in [2.75, 3.05) is 19.6 Å². The molecule has 8 aromatic heterocycles. The van der Waals surface area contributed by atoms with E-state index >= 15 is 0 Å². The summed E-state index contributed by atoms with van der Waals surface area (Å²) >= 11 is 0. The van der Waals surface area contributed by atoms with E-state index in [9.17, 15) is 4.39 Å². The van der Waals surface area contributed by atoms with Crippen molar-refractivity contribution in [3.63, 3.8) is 0 Å². The number of hydrogen-bond donors (Lipinski definition) is 0. The monoisotopic (exact) mass is 2500 g/mol. The minimum atomic E-state index is -0.286. The van der Waals surface area contributed by atoms with E-state index in [1.807, 2.05) is 308 Å². The standard InChI is InChI=1S/C32H27N3.C31H25N3.C29H21N3.C28H18FN3.4Pt/c1-32(2,3)26-20-22-27(23-21-26)35(30-18-10-16-28(33-30)24-12-6-4-7-13-24)31-19-11-17-29(34-31)25-14-8-5-9-15-25;1-22-20-23(2)31(24(3)21-22)34(29-18-10-16-27(32-29)25-12-6-4-7-13-25)30-19-11-17-28(33-30)26-14-8-5-9-15-26;1-22-14-16-25(17-15-22)32(26-10-6-8-23(20-26)28-12-2-4-18-30-28)27-11-7-9-24(21-27)29-13-3-5-19-31-29;29-23-13-15-24(16-14-23)32(25-9-5-7-21(19-25)27-11-1-3-17-30-27)26-10-6-8-22(20-26)28-12-2-4-18-31-28;;;;/h4-12,14,16-23H,1-3H3;4-12,14,16-21H,1-3H3;2-19H,1H3;1-18H;;;;/q4*-2;4*+2. The summed E-state index contributed by atoms with van der Waals surface area (Å²) in [6.07, 6.45) is 7.13. The average Bonchev–Trinajstić information content (AvgIpc) is 0.756. The zero-order valence-electron chi connectivity index (χ0n) is 75.9. The number of benzene rings is 12. The maximum atomic E-state index is 13.7. The van der Waals surface area contributed by atoms with Gasteiger partial charge in [0.1, 0.15) is 29.1 Å². The van der Waals surface area contributed by atoms with Gasteiger partial charge >= 0.3 is 84.3 Å². The van der Waals surface area contributed by atoms with Crippen LogP contribution in [0.4, 0.5) is 73.2 Å². The topological polar surface area (TPSA) is 116 Å². The molecule has 0 fully saturated rings. The summed E-state index contributed by atoms with van der Waals surface area (Å²) < 4.78 is 13.7. The van der Waals surface area contributed by atoms with Crippen molar-refractivity contribution in [2.45, 2.75) is 53.9 Å².